The molecule has 2 atom stereocenters. The summed E-state index contributed by atoms with van der Waals surface area (Å²) in [5.74, 6) is -0.656. The Morgan fingerprint density at radius 1 is 1.28 bits per heavy atom. The Bertz CT molecular complexity index is 676. The van der Waals surface area contributed by atoms with Gasteiger partial charge in [-0.2, -0.15) is 0 Å². The van der Waals surface area contributed by atoms with Gasteiger partial charge in [-0.15, -0.1) is 0 Å². The summed E-state index contributed by atoms with van der Waals surface area (Å²) in [4.78, 5) is 25.2. The largest absolute Gasteiger partial charge is 0.480 e. The quantitative estimate of drug-likeness (QED) is 0.757. The molecule has 2 saturated carbocycles. The van der Waals surface area contributed by atoms with Gasteiger partial charge in [0.25, 0.3) is 0 Å². The number of hydrogen-bond donors (Lipinski definition) is 2. The molecule has 2 aliphatic rings. The lowest BCUT2D eigenvalue weighted by Crippen LogP contribution is -2.55. The number of carbonyl (C=O) groups excluding carboxylic acids is 1. The van der Waals surface area contributed by atoms with Crippen LogP contribution in [-0.2, 0) is 9.59 Å². The molecule has 0 bridgehead atoms. The average Bonchev–Trinajstić information content (AvgIpc) is 3.31. The van der Waals surface area contributed by atoms with Gasteiger partial charge in [-0.25, -0.2) is 0 Å². The van der Waals surface area contributed by atoms with Crippen molar-refractivity contribution in [1.82, 2.24) is 10.2 Å². The lowest BCUT2D eigenvalue weighted by Gasteiger charge is -2.42. The van der Waals surface area contributed by atoms with Crippen molar-refractivity contribution < 1.29 is 14.7 Å². The minimum Gasteiger partial charge on any atom is -0.480 e. The van der Waals surface area contributed by atoms with Gasteiger partial charge in [0.05, 0.1) is 16.6 Å². The van der Waals surface area contributed by atoms with E-state index in [4.69, 9.17) is 28.3 Å². The molecule has 1 aromatic carbocycles. The van der Waals surface area contributed by atoms with Gasteiger partial charge in [-0.1, -0.05) is 42.3 Å². The Hall–Kier alpha value is -1.30. The van der Waals surface area contributed by atoms with Crippen molar-refractivity contribution in [3.63, 3.8) is 0 Å². The molecule has 2 aliphatic carbocycles. The van der Waals surface area contributed by atoms with Crippen molar-refractivity contribution in [2.45, 2.75) is 44.2 Å². The number of halogens is 2. The number of hydrogen-bond acceptors (Lipinski definition) is 3. The molecule has 0 aliphatic heterocycles. The smallest absolute Gasteiger partial charge is 0.317 e. The van der Waals surface area contributed by atoms with E-state index in [1.54, 1.807) is 6.07 Å². The van der Waals surface area contributed by atoms with Crippen LogP contribution in [-0.4, -0.2) is 47.1 Å². The first kappa shape index (κ1) is 18.5. The highest BCUT2D eigenvalue weighted by molar-refractivity contribution is 6.42. The summed E-state index contributed by atoms with van der Waals surface area (Å²) in [5, 5.41) is 13.1. The van der Waals surface area contributed by atoms with Gasteiger partial charge in [0, 0.05) is 18.0 Å². The molecule has 3 rings (SSSR count). The molecule has 25 heavy (non-hydrogen) atoms. The molecule has 0 aromatic heterocycles. The summed E-state index contributed by atoms with van der Waals surface area (Å²) in [5.41, 5.74) is 0.944. The number of aliphatic carboxylic acids is 1. The van der Waals surface area contributed by atoms with Crippen LogP contribution in [0.2, 0.25) is 10.0 Å². The van der Waals surface area contributed by atoms with Crippen LogP contribution in [0.25, 0.3) is 0 Å². The first-order valence-corrected chi connectivity index (χ1v) is 9.36. The Kier molecular flexibility index (Phi) is 5.56. The van der Waals surface area contributed by atoms with Crippen molar-refractivity contribution in [3.05, 3.63) is 33.8 Å². The number of likely N-dealkylation sites (N-methyl/N-ethyl adjacent to an activating group) is 1. The molecule has 1 amide bonds. The van der Waals surface area contributed by atoms with E-state index in [9.17, 15) is 9.59 Å². The number of carboxylic acids is 1. The normalized spacial score (nSPS) is 27.7. The second-order valence-electron chi connectivity index (χ2n) is 6.88. The molecule has 2 unspecified atom stereocenters. The second kappa shape index (κ2) is 7.52. The maximum absolute atomic E-state index is 12.4. The number of benzene rings is 1. The first-order chi connectivity index (χ1) is 11.9. The average molecular weight is 385 g/mol. The molecule has 2 N–H and O–H groups in total. The van der Waals surface area contributed by atoms with Gasteiger partial charge in [0.1, 0.15) is 0 Å². The molecule has 7 heteroatoms. The van der Waals surface area contributed by atoms with E-state index in [1.165, 1.54) is 0 Å². The molecule has 2 fully saturated rings. The lowest BCUT2D eigenvalue weighted by molar-refractivity contribution is -0.139. The standard InChI is InChI=1S/C18H22Cl2N2O3/c1-2-22(9-16(23)24)11-6-10(7-11)21-18(25)14-8-13(14)12-4-3-5-15(19)17(12)20/h3-5,10-11,13-14H,2,6-9H2,1H3,(H,21,25)(H,23,24). The molecule has 136 valence electrons. The summed E-state index contributed by atoms with van der Waals surface area (Å²) in [6, 6.07) is 5.90. The Balaban J connectivity index is 1.47. The summed E-state index contributed by atoms with van der Waals surface area (Å²) in [7, 11) is 0. The third-order valence-corrected chi connectivity index (χ3v) is 6.06. The topological polar surface area (TPSA) is 69.6 Å². The van der Waals surface area contributed by atoms with E-state index in [2.05, 4.69) is 5.32 Å². The molecular formula is C18H22Cl2N2O3. The van der Waals surface area contributed by atoms with E-state index in [0.717, 1.165) is 24.8 Å². The summed E-state index contributed by atoms with van der Waals surface area (Å²) in [6.07, 6.45) is 2.41. The molecule has 0 spiro atoms. The van der Waals surface area contributed by atoms with Crippen LogP contribution in [0.4, 0.5) is 0 Å². The molecule has 0 heterocycles. The second-order valence-corrected chi connectivity index (χ2v) is 7.66. The SMILES string of the molecule is CCN(CC(=O)O)C1CC(NC(=O)C2CC2c2cccc(Cl)c2Cl)C1. The zero-order valence-electron chi connectivity index (χ0n) is 14.0. The Morgan fingerprint density at radius 3 is 2.64 bits per heavy atom. The van der Waals surface area contributed by atoms with Crippen LogP contribution in [0.15, 0.2) is 18.2 Å². The molecule has 0 radical (unpaired) electrons. The zero-order chi connectivity index (χ0) is 18.1. The number of rotatable bonds is 7. The first-order valence-electron chi connectivity index (χ1n) is 8.60. The molecule has 1 aromatic rings. The molecular weight excluding hydrogens is 363 g/mol. The van der Waals surface area contributed by atoms with Crippen LogP contribution in [0.1, 0.15) is 37.7 Å². The van der Waals surface area contributed by atoms with Crippen LogP contribution in [0, 0.1) is 5.92 Å². The van der Waals surface area contributed by atoms with Gasteiger partial charge in [-0.05, 0) is 43.4 Å². The predicted molar refractivity (Wildman–Crippen MR) is 97.1 cm³/mol. The number of nitrogens with one attached hydrogen (secondary N) is 1. The van der Waals surface area contributed by atoms with E-state index >= 15 is 0 Å². The highest BCUT2D eigenvalue weighted by Crippen LogP contribution is 2.51. The van der Waals surface area contributed by atoms with E-state index < -0.39 is 5.97 Å². The fourth-order valence-corrected chi connectivity index (χ4v) is 4.07. The maximum Gasteiger partial charge on any atom is 0.317 e. The van der Waals surface area contributed by atoms with E-state index in [0.29, 0.717) is 16.6 Å². The van der Waals surface area contributed by atoms with Gasteiger partial charge in [0.2, 0.25) is 5.91 Å². The summed E-state index contributed by atoms with van der Waals surface area (Å²) in [6.45, 7) is 2.72. The van der Waals surface area contributed by atoms with Crippen LogP contribution >= 0.6 is 23.2 Å². The highest BCUT2D eigenvalue weighted by Gasteiger charge is 2.46. The van der Waals surface area contributed by atoms with Crippen LogP contribution in [0.5, 0.6) is 0 Å². The zero-order valence-corrected chi connectivity index (χ0v) is 15.6. The maximum atomic E-state index is 12.4. The molecule has 0 saturated heterocycles. The monoisotopic (exact) mass is 384 g/mol. The van der Waals surface area contributed by atoms with Crippen molar-refractivity contribution in [2.75, 3.05) is 13.1 Å². The molecule has 5 nitrogen and oxygen atoms in total. The fraction of sp³-hybridized carbons (Fsp3) is 0.556. The number of carbonyl (C=O) groups is 2. The van der Waals surface area contributed by atoms with E-state index in [-0.39, 0.29) is 36.4 Å². The Morgan fingerprint density at radius 2 is 2.00 bits per heavy atom. The number of carboxylic acid groups (broad SMARTS) is 1. The van der Waals surface area contributed by atoms with Gasteiger partial charge >= 0.3 is 5.97 Å². The lowest BCUT2D eigenvalue weighted by atomic mass is 9.85. The Labute approximate surface area is 157 Å². The number of nitrogens with zero attached hydrogens (tertiary/aromatic N) is 1. The minimum atomic E-state index is -0.812. The van der Waals surface area contributed by atoms with Crippen molar-refractivity contribution in [1.29, 1.82) is 0 Å². The van der Waals surface area contributed by atoms with Crippen LogP contribution < -0.4 is 5.32 Å². The van der Waals surface area contributed by atoms with Crippen molar-refractivity contribution in [2.24, 2.45) is 5.92 Å². The van der Waals surface area contributed by atoms with Crippen molar-refractivity contribution >= 4 is 35.1 Å². The third kappa shape index (κ3) is 4.10. The summed E-state index contributed by atoms with van der Waals surface area (Å²) < 4.78 is 0. The predicted octanol–water partition coefficient (Wildman–Crippen LogP) is 3.15. The fourth-order valence-electron chi connectivity index (χ4n) is 3.62. The van der Waals surface area contributed by atoms with Crippen LogP contribution in [0.3, 0.4) is 0 Å². The van der Waals surface area contributed by atoms with Gasteiger partial charge in [-0.3, -0.25) is 14.5 Å². The number of amides is 1. The minimum absolute atomic E-state index is 0.0451. The third-order valence-electron chi connectivity index (χ3n) is 5.23. The van der Waals surface area contributed by atoms with Gasteiger partial charge < -0.3 is 10.4 Å². The summed E-state index contributed by atoms with van der Waals surface area (Å²) >= 11 is 12.3. The highest BCUT2D eigenvalue weighted by atomic mass is 35.5. The van der Waals surface area contributed by atoms with Gasteiger partial charge in [0.15, 0.2) is 0 Å². The van der Waals surface area contributed by atoms with Crippen molar-refractivity contribution in [3.8, 4) is 0 Å². The van der Waals surface area contributed by atoms with E-state index in [1.807, 2.05) is 24.0 Å².